The molecule has 1 amide bonds. The Bertz CT molecular complexity index is 855. The van der Waals surface area contributed by atoms with Gasteiger partial charge in [-0.3, -0.25) is 18.7 Å². The number of rotatable bonds is 7. The molecule has 9 heteroatoms. The maximum Gasteiger partial charge on any atom is 0.332 e. The molecule has 0 saturated heterocycles. The standard InChI is InChI=1S/C15H20N4O5/c1-18-12-10(14(21)19(2)15(18)22)4-5-11(17-12)13(20)16-6-7-24-9-8-23-3/h4-5H,6-9H2,1-3H3,(H,16,20). The van der Waals surface area contributed by atoms with Gasteiger partial charge < -0.3 is 14.8 Å². The topological polar surface area (TPSA) is 104 Å². The van der Waals surface area contributed by atoms with Gasteiger partial charge in [0.05, 0.1) is 25.2 Å². The van der Waals surface area contributed by atoms with Crippen molar-refractivity contribution in [3.63, 3.8) is 0 Å². The summed E-state index contributed by atoms with van der Waals surface area (Å²) in [5, 5.41) is 2.94. The number of pyridine rings is 1. The summed E-state index contributed by atoms with van der Waals surface area (Å²) in [6.07, 6.45) is 0. The van der Waals surface area contributed by atoms with Crippen molar-refractivity contribution in [1.29, 1.82) is 0 Å². The second-order valence-electron chi connectivity index (χ2n) is 5.13. The van der Waals surface area contributed by atoms with Crippen molar-refractivity contribution in [2.75, 3.05) is 33.5 Å². The normalized spacial score (nSPS) is 11.0. The molecule has 0 radical (unpaired) electrons. The van der Waals surface area contributed by atoms with Crippen LogP contribution in [0.15, 0.2) is 21.7 Å². The Labute approximate surface area is 137 Å². The Kier molecular flexibility index (Phi) is 5.83. The van der Waals surface area contributed by atoms with Crippen molar-refractivity contribution >= 4 is 16.9 Å². The Morgan fingerprint density at radius 2 is 1.92 bits per heavy atom. The van der Waals surface area contributed by atoms with E-state index in [4.69, 9.17) is 9.47 Å². The molecule has 0 unspecified atom stereocenters. The first-order chi connectivity index (χ1) is 11.5. The van der Waals surface area contributed by atoms with Gasteiger partial charge in [-0.05, 0) is 12.1 Å². The van der Waals surface area contributed by atoms with Gasteiger partial charge in [0.15, 0.2) is 0 Å². The largest absolute Gasteiger partial charge is 0.382 e. The molecule has 0 aliphatic rings. The molecule has 1 N–H and O–H groups in total. The molecule has 0 aliphatic carbocycles. The highest BCUT2D eigenvalue weighted by Gasteiger charge is 2.13. The summed E-state index contributed by atoms with van der Waals surface area (Å²) in [6.45, 7) is 1.61. The van der Waals surface area contributed by atoms with Gasteiger partial charge in [0.1, 0.15) is 11.3 Å². The van der Waals surface area contributed by atoms with E-state index in [0.717, 1.165) is 4.57 Å². The molecule has 0 atom stereocenters. The minimum atomic E-state index is -0.496. The Balaban J connectivity index is 2.15. The van der Waals surface area contributed by atoms with Gasteiger partial charge in [-0.2, -0.15) is 0 Å². The van der Waals surface area contributed by atoms with E-state index in [1.54, 1.807) is 7.11 Å². The highest BCUT2D eigenvalue weighted by molar-refractivity contribution is 5.94. The lowest BCUT2D eigenvalue weighted by Gasteiger charge is -2.09. The van der Waals surface area contributed by atoms with Gasteiger partial charge in [0, 0.05) is 27.7 Å². The molecule has 24 heavy (non-hydrogen) atoms. The van der Waals surface area contributed by atoms with Crippen molar-refractivity contribution in [2.24, 2.45) is 14.1 Å². The molecule has 0 aromatic carbocycles. The van der Waals surface area contributed by atoms with Gasteiger partial charge in [-0.15, -0.1) is 0 Å². The van der Waals surface area contributed by atoms with Gasteiger partial charge >= 0.3 is 5.69 Å². The number of carbonyl (C=O) groups excluding carboxylic acids is 1. The van der Waals surface area contributed by atoms with Crippen LogP contribution in [0.2, 0.25) is 0 Å². The maximum atomic E-state index is 12.1. The lowest BCUT2D eigenvalue weighted by atomic mass is 10.2. The molecule has 0 fully saturated rings. The van der Waals surface area contributed by atoms with E-state index < -0.39 is 17.2 Å². The minimum absolute atomic E-state index is 0.127. The third-order valence-electron chi connectivity index (χ3n) is 3.50. The summed E-state index contributed by atoms with van der Waals surface area (Å²) < 4.78 is 12.3. The van der Waals surface area contributed by atoms with Crippen LogP contribution in [0.3, 0.4) is 0 Å². The summed E-state index contributed by atoms with van der Waals surface area (Å²) in [5.74, 6) is -0.402. The van der Waals surface area contributed by atoms with Gasteiger partial charge in [0.2, 0.25) is 0 Å². The molecule has 2 aromatic rings. The van der Waals surface area contributed by atoms with Gasteiger partial charge in [0.25, 0.3) is 11.5 Å². The van der Waals surface area contributed by atoms with E-state index in [0.29, 0.717) is 26.4 Å². The number of aryl methyl sites for hydroxylation is 1. The zero-order valence-electron chi connectivity index (χ0n) is 13.9. The zero-order chi connectivity index (χ0) is 17.7. The number of hydrogen-bond acceptors (Lipinski definition) is 6. The molecule has 0 spiro atoms. The summed E-state index contributed by atoms with van der Waals surface area (Å²) in [4.78, 5) is 40.2. The molecule has 2 rings (SSSR count). The number of fused-ring (bicyclic) bond motifs is 1. The smallest absolute Gasteiger partial charge is 0.332 e. The molecule has 130 valence electrons. The first-order valence-corrected chi connectivity index (χ1v) is 7.39. The number of hydrogen-bond donors (Lipinski definition) is 1. The predicted molar refractivity (Wildman–Crippen MR) is 87.3 cm³/mol. The molecule has 0 aliphatic heterocycles. The second-order valence-corrected chi connectivity index (χ2v) is 5.13. The van der Waals surface area contributed by atoms with Crippen molar-refractivity contribution in [1.82, 2.24) is 19.4 Å². The third-order valence-corrected chi connectivity index (χ3v) is 3.50. The summed E-state index contributed by atoms with van der Waals surface area (Å²) in [6, 6.07) is 2.95. The average Bonchev–Trinajstić information content (AvgIpc) is 2.60. The van der Waals surface area contributed by atoms with Crippen LogP contribution in [0.25, 0.3) is 11.0 Å². The molecular formula is C15H20N4O5. The van der Waals surface area contributed by atoms with Gasteiger partial charge in [-0.25, -0.2) is 9.78 Å². The first kappa shape index (κ1) is 17.8. The fourth-order valence-corrected chi connectivity index (χ4v) is 2.15. The highest BCUT2D eigenvalue weighted by atomic mass is 16.5. The first-order valence-electron chi connectivity index (χ1n) is 7.39. The number of amides is 1. The Hall–Kier alpha value is -2.52. The average molecular weight is 336 g/mol. The maximum absolute atomic E-state index is 12.1. The third kappa shape index (κ3) is 3.69. The van der Waals surface area contributed by atoms with E-state index in [2.05, 4.69) is 10.3 Å². The molecular weight excluding hydrogens is 316 g/mol. The van der Waals surface area contributed by atoms with Crippen molar-refractivity contribution in [3.05, 3.63) is 38.7 Å². The molecule has 0 saturated carbocycles. The van der Waals surface area contributed by atoms with Crippen LogP contribution in [-0.2, 0) is 23.6 Å². The van der Waals surface area contributed by atoms with Crippen molar-refractivity contribution < 1.29 is 14.3 Å². The lowest BCUT2D eigenvalue weighted by molar-refractivity contribution is 0.0692. The SMILES string of the molecule is COCCOCCNC(=O)c1ccc2c(=O)n(C)c(=O)n(C)c2n1. The van der Waals surface area contributed by atoms with E-state index >= 15 is 0 Å². The molecule has 2 heterocycles. The highest BCUT2D eigenvalue weighted by Crippen LogP contribution is 2.06. The lowest BCUT2D eigenvalue weighted by Crippen LogP contribution is -2.37. The van der Waals surface area contributed by atoms with Crippen LogP contribution in [0.4, 0.5) is 0 Å². The monoisotopic (exact) mass is 336 g/mol. The van der Waals surface area contributed by atoms with Crippen LogP contribution in [0, 0.1) is 0 Å². The van der Waals surface area contributed by atoms with Crippen LogP contribution < -0.4 is 16.6 Å². The Morgan fingerprint density at radius 3 is 2.62 bits per heavy atom. The number of nitrogens with one attached hydrogen (secondary N) is 1. The van der Waals surface area contributed by atoms with E-state index in [9.17, 15) is 14.4 Å². The second kappa shape index (κ2) is 7.84. The van der Waals surface area contributed by atoms with Crippen LogP contribution in [0.5, 0.6) is 0 Å². The Morgan fingerprint density at radius 1 is 1.17 bits per heavy atom. The van der Waals surface area contributed by atoms with Gasteiger partial charge in [-0.1, -0.05) is 0 Å². The van der Waals surface area contributed by atoms with Crippen LogP contribution in [-0.4, -0.2) is 53.5 Å². The van der Waals surface area contributed by atoms with E-state index in [1.807, 2.05) is 0 Å². The van der Waals surface area contributed by atoms with E-state index in [1.165, 1.54) is 30.8 Å². The predicted octanol–water partition coefficient (Wildman–Crippen LogP) is -0.975. The quantitative estimate of drug-likeness (QED) is 0.652. The van der Waals surface area contributed by atoms with Crippen molar-refractivity contribution in [2.45, 2.75) is 0 Å². The zero-order valence-corrected chi connectivity index (χ0v) is 13.9. The summed E-state index contributed by atoms with van der Waals surface area (Å²) >= 11 is 0. The molecule has 9 nitrogen and oxygen atoms in total. The van der Waals surface area contributed by atoms with Crippen molar-refractivity contribution in [3.8, 4) is 0 Å². The van der Waals surface area contributed by atoms with Crippen LogP contribution >= 0.6 is 0 Å². The van der Waals surface area contributed by atoms with Crippen LogP contribution in [0.1, 0.15) is 10.5 Å². The number of nitrogens with zero attached hydrogens (tertiary/aromatic N) is 3. The fraction of sp³-hybridized carbons (Fsp3) is 0.467. The molecule has 0 bridgehead atoms. The molecule has 2 aromatic heterocycles. The number of carbonyl (C=O) groups is 1. The van der Waals surface area contributed by atoms with E-state index in [-0.39, 0.29) is 16.7 Å². The number of ether oxygens (including phenoxy) is 2. The summed E-state index contributed by atoms with van der Waals surface area (Å²) in [7, 11) is 4.48. The number of aromatic nitrogens is 3. The fourth-order valence-electron chi connectivity index (χ4n) is 2.15. The minimum Gasteiger partial charge on any atom is -0.382 e. The summed E-state index contributed by atoms with van der Waals surface area (Å²) in [5.41, 5.74) is -0.641. The number of methoxy groups -OCH3 is 1.